The molecule has 0 saturated heterocycles. The number of carbonyl (C=O) groups is 1. The molecule has 0 radical (unpaired) electrons. The maximum absolute atomic E-state index is 12.4. The van der Waals surface area contributed by atoms with Crippen molar-refractivity contribution in [2.24, 2.45) is 17.8 Å². The molecule has 5 nitrogen and oxygen atoms in total. The number of rotatable bonds is 3. The number of fused-ring (bicyclic) bond motifs is 3. The summed E-state index contributed by atoms with van der Waals surface area (Å²) in [4.78, 5) is 12.4. The van der Waals surface area contributed by atoms with E-state index >= 15 is 0 Å². The van der Waals surface area contributed by atoms with Gasteiger partial charge >= 0.3 is 0 Å². The fraction of sp³-hybridized carbons (Fsp3) is 0.611. The highest BCUT2D eigenvalue weighted by Crippen LogP contribution is 2.48. The van der Waals surface area contributed by atoms with Crippen molar-refractivity contribution in [1.82, 2.24) is 5.32 Å². The maximum atomic E-state index is 12.4. The van der Waals surface area contributed by atoms with E-state index in [1.165, 1.54) is 0 Å². The molecule has 23 heavy (non-hydrogen) atoms. The molecular formula is C18H23NO4. The van der Waals surface area contributed by atoms with Gasteiger partial charge in [-0.05, 0) is 48.8 Å². The molecule has 0 spiro atoms. The molecule has 124 valence electrons. The average molecular weight is 317 g/mol. The molecule has 4 rings (SSSR count). The first-order chi connectivity index (χ1) is 11.0. The van der Waals surface area contributed by atoms with Gasteiger partial charge in [0, 0.05) is 23.6 Å². The first-order valence-corrected chi connectivity index (χ1v) is 8.45. The largest absolute Gasteiger partial charge is 0.493 e. The highest BCUT2D eigenvalue weighted by atomic mass is 16.5. The van der Waals surface area contributed by atoms with Crippen LogP contribution in [0.2, 0.25) is 0 Å². The molecule has 2 saturated carbocycles. The molecule has 2 fully saturated rings. The van der Waals surface area contributed by atoms with Crippen LogP contribution in [-0.4, -0.2) is 41.5 Å². The first kappa shape index (κ1) is 15.0. The van der Waals surface area contributed by atoms with Crippen molar-refractivity contribution >= 4 is 5.91 Å². The molecule has 1 heterocycles. The summed E-state index contributed by atoms with van der Waals surface area (Å²) in [6.07, 6.45) is 0.549. The van der Waals surface area contributed by atoms with E-state index in [9.17, 15) is 15.0 Å². The van der Waals surface area contributed by atoms with Crippen LogP contribution in [0.3, 0.4) is 0 Å². The Hall–Kier alpha value is -1.59. The zero-order valence-electron chi connectivity index (χ0n) is 13.2. The predicted octanol–water partition coefficient (Wildman–Crippen LogP) is 1.29. The Balaban J connectivity index is 1.39. The van der Waals surface area contributed by atoms with Gasteiger partial charge in [0.15, 0.2) is 0 Å². The number of carbonyl (C=O) groups excluding carboxylic acids is 1. The number of hydrogen-bond donors (Lipinski definition) is 3. The smallest absolute Gasteiger partial charge is 0.251 e. The van der Waals surface area contributed by atoms with Crippen LogP contribution >= 0.6 is 0 Å². The molecule has 1 aliphatic heterocycles. The third-order valence-electron chi connectivity index (χ3n) is 5.87. The summed E-state index contributed by atoms with van der Waals surface area (Å²) < 4.78 is 5.56. The molecule has 6 atom stereocenters. The molecule has 5 heteroatoms. The van der Waals surface area contributed by atoms with Crippen LogP contribution < -0.4 is 10.1 Å². The highest BCUT2D eigenvalue weighted by Gasteiger charge is 2.51. The van der Waals surface area contributed by atoms with Gasteiger partial charge in [-0.2, -0.15) is 0 Å². The summed E-state index contributed by atoms with van der Waals surface area (Å²) in [5, 5.41) is 22.8. The van der Waals surface area contributed by atoms with Crippen molar-refractivity contribution in [3.05, 3.63) is 29.3 Å². The average Bonchev–Trinajstić information content (AvgIpc) is 3.21. The molecule has 1 unspecified atom stereocenters. The molecule has 2 bridgehead atoms. The molecule has 1 aromatic rings. The number of nitrogens with one attached hydrogen (secondary N) is 1. The zero-order valence-corrected chi connectivity index (χ0v) is 13.2. The van der Waals surface area contributed by atoms with Crippen molar-refractivity contribution in [2.45, 2.75) is 37.9 Å². The maximum Gasteiger partial charge on any atom is 0.251 e. The van der Waals surface area contributed by atoms with Gasteiger partial charge in [-0.1, -0.05) is 6.92 Å². The van der Waals surface area contributed by atoms with Crippen LogP contribution in [-0.2, 0) is 0 Å². The van der Waals surface area contributed by atoms with Gasteiger partial charge < -0.3 is 20.3 Å². The summed E-state index contributed by atoms with van der Waals surface area (Å²) in [7, 11) is 0. The zero-order chi connectivity index (χ0) is 16.1. The Bertz CT molecular complexity index is 629. The van der Waals surface area contributed by atoms with Crippen LogP contribution in [0.25, 0.3) is 0 Å². The molecular weight excluding hydrogens is 294 g/mol. The summed E-state index contributed by atoms with van der Waals surface area (Å²) >= 11 is 0. The van der Waals surface area contributed by atoms with Gasteiger partial charge in [0.25, 0.3) is 5.91 Å². The number of hydrogen-bond acceptors (Lipinski definition) is 4. The Morgan fingerprint density at radius 2 is 2.13 bits per heavy atom. The Morgan fingerprint density at radius 1 is 1.30 bits per heavy atom. The summed E-state index contributed by atoms with van der Waals surface area (Å²) in [5.41, 5.74) is 1.75. The minimum Gasteiger partial charge on any atom is -0.493 e. The van der Waals surface area contributed by atoms with Gasteiger partial charge in [0.2, 0.25) is 0 Å². The highest BCUT2D eigenvalue weighted by molar-refractivity contribution is 5.94. The first-order valence-electron chi connectivity index (χ1n) is 8.45. The van der Waals surface area contributed by atoms with Crippen molar-refractivity contribution in [3.8, 4) is 5.75 Å². The van der Waals surface area contributed by atoms with E-state index in [0.717, 1.165) is 24.2 Å². The van der Waals surface area contributed by atoms with Gasteiger partial charge in [-0.25, -0.2) is 0 Å². The number of ether oxygens (including phenoxy) is 1. The minimum absolute atomic E-state index is 0.0790. The third-order valence-corrected chi connectivity index (χ3v) is 5.87. The monoisotopic (exact) mass is 317 g/mol. The second-order valence-electron chi connectivity index (χ2n) is 7.31. The van der Waals surface area contributed by atoms with Crippen LogP contribution in [0, 0.1) is 17.8 Å². The van der Waals surface area contributed by atoms with Gasteiger partial charge in [0.05, 0.1) is 18.8 Å². The Labute approximate surface area is 135 Å². The van der Waals surface area contributed by atoms with Crippen LogP contribution in [0.1, 0.15) is 41.6 Å². The van der Waals surface area contributed by atoms with E-state index in [0.29, 0.717) is 24.6 Å². The van der Waals surface area contributed by atoms with Crippen LogP contribution in [0.4, 0.5) is 0 Å². The molecule has 2 aliphatic carbocycles. The molecule has 1 aromatic carbocycles. The molecule has 1 amide bonds. The van der Waals surface area contributed by atoms with Crippen molar-refractivity contribution in [2.75, 3.05) is 13.2 Å². The lowest BCUT2D eigenvalue weighted by Crippen LogP contribution is -2.41. The minimum atomic E-state index is -0.631. The molecule has 0 aromatic heterocycles. The van der Waals surface area contributed by atoms with Crippen molar-refractivity contribution in [3.63, 3.8) is 0 Å². The fourth-order valence-electron chi connectivity index (χ4n) is 4.50. The quantitative estimate of drug-likeness (QED) is 0.785. The number of amides is 1. The van der Waals surface area contributed by atoms with Gasteiger partial charge in [0.1, 0.15) is 5.75 Å². The van der Waals surface area contributed by atoms with E-state index in [2.05, 4.69) is 12.2 Å². The second kappa shape index (κ2) is 5.49. The Kier molecular flexibility index (Phi) is 3.58. The predicted molar refractivity (Wildman–Crippen MR) is 84.4 cm³/mol. The summed E-state index contributed by atoms with van der Waals surface area (Å²) in [6, 6.07) is 5.58. The molecule has 3 N–H and O–H groups in total. The van der Waals surface area contributed by atoms with E-state index in [4.69, 9.17) is 4.74 Å². The lowest BCUT2D eigenvalue weighted by atomic mass is 9.85. The normalized spacial score (nSPS) is 37.5. The Morgan fingerprint density at radius 3 is 2.87 bits per heavy atom. The van der Waals surface area contributed by atoms with E-state index in [1.54, 1.807) is 6.07 Å². The SMILES string of the molecule is CC1COc2ccc(C(=O)NC[C@@H]3C[C@H]4C[C@@H]3[C@H](O)[C@@H]4O)cc21. The van der Waals surface area contributed by atoms with Crippen molar-refractivity contribution in [1.29, 1.82) is 0 Å². The van der Waals surface area contributed by atoms with Gasteiger partial charge in [-0.15, -0.1) is 0 Å². The van der Waals surface area contributed by atoms with E-state index < -0.39 is 12.2 Å². The molecule has 3 aliphatic rings. The van der Waals surface area contributed by atoms with Gasteiger partial charge in [-0.3, -0.25) is 4.79 Å². The number of aliphatic hydroxyl groups excluding tert-OH is 2. The lowest BCUT2D eigenvalue weighted by Gasteiger charge is -2.29. The number of aliphatic hydroxyl groups is 2. The third kappa shape index (κ3) is 2.42. The second-order valence-corrected chi connectivity index (χ2v) is 7.31. The summed E-state index contributed by atoms with van der Waals surface area (Å²) in [5.74, 6) is 1.68. The van der Waals surface area contributed by atoms with Crippen LogP contribution in [0.5, 0.6) is 5.75 Å². The fourth-order valence-corrected chi connectivity index (χ4v) is 4.50. The topological polar surface area (TPSA) is 78.8 Å². The number of benzene rings is 1. The van der Waals surface area contributed by atoms with Crippen LogP contribution in [0.15, 0.2) is 18.2 Å². The standard InChI is InChI=1S/C18H23NO4/c1-9-8-23-15-3-2-10(5-13(9)15)18(22)19-7-12-4-11-6-14(12)17(21)16(11)20/h2-3,5,9,11-12,14,16-17,20-21H,4,6-8H2,1H3,(H,19,22)/t9?,11-,12-,14-,16+,17-/m0/s1. The summed E-state index contributed by atoms with van der Waals surface area (Å²) in [6.45, 7) is 3.33. The van der Waals surface area contributed by atoms with E-state index in [-0.39, 0.29) is 23.7 Å². The lowest BCUT2D eigenvalue weighted by molar-refractivity contribution is -0.0332. The van der Waals surface area contributed by atoms with Crippen molar-refractivity contribution < 1.29 is 19.7 Å². The van der Waals surface area contributed by atoms with E-state index in [1.807, 2.05) is 12.1 Å².